The molecule has 1 aromatic carbocycles. The van der Waals surface area contributed by atoms with Gasteiger partial charge in [-0.25, -0.2) is 0 Å². The van der Waals surface area contributed by atoms with Crippen molar-refractivity contribution in [2.24, 2.45) is 0 Å². The minimum atomic E-state index is -0.963. The second-order valence-electron chi connectivity index (χ2n) is 3.88. The highest BCUT2D eigenvalue weighted by Crippen LogP contribution is 2.30. The van der Waals surface area contributed by atoms with Crippen LogP contribution >= 0.6 is 0 Å². The number of methoxy groups -OCH3 is 1. The number of aliphatic hydroxyl groups is 1. The number of aryl methyl sites for hydroxylation is 1. The van der Waals surface area contributed by atoms with Crippen LogP contribution in [0.5, 0.6) is 0 Å². The van der Waals surface area contributed by atoms with Gasteiger partial charge < -0.3 is 14.3 Å². The third-order valence-corrected chi connectivity index (χ3v) is 2.77. The number of carbonyl (C=O) groups is 1. The molecule has 0 bridgehead atoms. The number of para-hydroxylation sites is 1. The predicted molar refractivity (Wildman–Crippen MR) is 62.5 cm³/mol. The van der Waals surface area contributed by atoms with Gasteiger partial charge in [-0.2, -0.15) is 0 Å². The molecule has 0 aliphatic rings. The molecular weight excluding hydrogens is 220 g/mol. The second-order valence-corrected chi connectivity index (χ2v) is 3.88. The minimum absolute atomic E-state index is 0.100. The van der Waals surface area contributed by atoms with Crippen LogP contribution in [0.2, 0.25) is 0 Å². The molecule has 0 fully saturated rings. The Balaban J connectivity index is 2.35. The lowest BCUT2D eigenvalue weighted by Gasteiger charge is -2.06. The van der Waals surface area contributed by atoms with Crippen molar-refractivity contribution >= 4 is 16.9 Å². The molecule has 0 amide bonds. The summed E-state index contributed by atoms with van der Waals surface area (Å²) in [7, 11) is 1.29. The molecule has 0 radical (unpaired) electrons. The monoisotopic (exact) mass is 234 g/mol. The van der Waals surface area contributed by atoms with E-state index in [0.29, 0.717) is 11.3 Å². The van der Waals surface area contributed by atoms with Crippen LogP contribution in [0.15, 0.2) is 28.7 Å². The Labute approximate surface area is 98.8 Å². The van der Waals surface area contributed by atoms with E-state index < -0.39 is 12.1 Å². The van der Waals surface area contributed by atoms with Crippen molar-refractivity contribution in [2.75, 3.05) is 7.11 Å². The molecule has 17 heavy (non-hydrogen) atoms. The summed E-state index contributed by atoms with van der Waals surface area (Å²) in [6.07, 6.45) is -1.06. The van der Waals surface area contributed by atoms with Crippen molar-refractivity contribution < 1.29 is 19.1 Å². The second kappa shape index (κ2) is 4.59. The summed E-state index contributed by atoms with van der Waals surface area (Å²) in [5.41, 5.74) is 1.57. The smallest absolute Gasteiger partial charge is 0.308 e. The number of fused-ring (bicyclic) bond motifs is 1. The van der Waals surface area contributed by atoms with Gasteiger partial charge in [-0.1, -0.05) is 18.2 Å². The van der Waals surface area contributed by atoms with Gasteiger partial charge in [0.15, 0.2) is 0 Å². The van der Waals surface area contributed by atoms with Crippen LogP contribution in [0.1, 0.15) is 23.8 Å². The molecule has 0 aliphatic heterocycles. The third-order valence-electron chi connectivity index (χ3n) is 2.77. The molecule has 2 aromatic rings. The number of rotatable bonds is 3. The van der Waals surface area contributed by atoms with Gasteiger partial charge in [-0.05, 0) is 13.0 Å². The molecule has 0 saturated carbocycles. The number of hydrogen-bond acceptors (Lipinski definition) is 4. The number of carbonyl (C=O) groups excluding carboxylic acids is 1. The first-order valence-corrected chi connectivity index (χ1v) is 5.36. The summed E-state index contributed by atoms with van der Waals surface area (Å²) >= 11 is 0. The van der Waals surface area contributed by atoms with Gasteiger partial charge in [-0.15, -0.1) is 0 Å². The third kappa shape index (κ3) is 2.17. The minimum Gasteiger partial charge on any atom is -0.469 e. The maximum absolute atomic E-state index is 11.1. The van der Waals surface area contributed by atoms with Crippen molar-refractivity contribution in [3.63, 3.8) is 0 Å². The van der Waals surface area contributed by atoms with E-state index in [0.717, 1.165) is 10.9 Å². The lowest BCUT2D eigenvalue weighted by Crippen LogP contribution is -2.08. The summed E-state index contributed by atoms with van der Waals surface area (Å²) in [5, 5.41) is 10.9. The summed E-state index contributed by atoms with van der Waals surface area (Å²) in [5.74, 6) is -0.0334. The molecule has 90 valence electrons. The Morgan fingerprint density at radius 2 is 2.18 bits per heavy atom. The molecule has 0 aliphatic carbocycles. The maximum atomic E-state index is 11.1. The fraction of sp³-hybridized carbons (Fsp3) is 0.308. The van der Waals surface area contributed by atoms with Crippen LogP contribution in [0.25, 0.3) is 11.0 Å². The lowest BCUT2D eigenvalue weighted by molar-refractivity contribution is -0.143. The molecule has 0 unspecified atom stereocenters. The van der Waals surface area contributed by atoms with Gasteiger partial charge >= 0.3 is 5.97 Å². The Morgan fingerprint density at radius 1 is 1.47 bits per heavy atom. The van der Waals surface area contributed by atoms with Crippen LogP contribution in [0.3, 0.4) is 0 Å². The summed E-state index contributed by atoms with van der Waals surface area (Å²) < 4.78 is 10.1. The molecule has 1 N–H and O–H groups in total. The van der Waals surface area contributed by atoms with E-state index >= 15 is 0 Å². The number of aliphatic hydroxyl groups excluding tert-OH is 1. The first kappa shape index (κ1) is 11.7. The molecule has 1 heterocycles. The average molecular weight is 234 g/mol. The molecule has 1 aromatic heterocycles. The predicted octanol–water partition coefficient (Wildman–Crippen LogP) is 2.34. The topological polar surface area (TPSA) is 59.7 Å². The molecule has 0 spiro atoms. The SMILES string of the molecule is COC(=O)C[C@H](O)c1oc2ccccc2c1C. The van der Waals surface area contributed by atoms with Crippen LogP contribution in [-0.4, -0.2) is 18.2 Å². The van der Waals surface area contributed by atoms with Crippen LogP contribution in [0, 0.1) is 6.92 Å². The number of esters is 1. The average Bonchev–Trinajstić information content (AvgIpc) is 2.67. The Morgan fingerprint density at radius 3 is 2.82 bits per heavy atom. The zero-order chi connectivity index (χ0) is 12.4. The number of benzene rings is 1. The first-order chi connectivity index (χ1) is 8.13. The van der Waals surface area contributed by atoms with Crippen molar-refractivity contribution in [3.05, 3.63) is 35.6 Å². The van der Waals surface area contributed by atoms with E-state index in [4.69, 9.17) is 4.42 Å². The van der Waals surface area contributed by atoms with Gasteiger partial charge in [0, 0.05) is 10.9 Å². The number of furan rings is 1. The quantitative estimate of drug-likeness (QED) is 0.828. The van der Waals surface area contributed by atoms with Gasteiger partial charge in [-0.3, -0.25) is 4.79 Å². The van der Waals surface area contributed by atoms with E-state index in [1.54, 1.807) is 0 Å². The Kier molecular flexibility index (Phi) is 3.15. The van der Waals surface area contributed by atoms with Crippen LogP contribution < -0.4 is 0 Å². The van der Waals surface area contributed by atoms with Gasteiger partial charge in [0.05, 0.1) is 13.5 Å². The van der Waals surface area contributed by atoms with E-state index in [1.807, 2.05) is 31.2 Å². The van der Waals surface area contributed by atoms with E-state index in [-0.39, 0.29) is 6.42 Å². The highest BCUT2D eigenvalue weighted by molar-refractivity contribution is 5.82. The highest BCUT2D eigenvalue weighted by Gasteiger charge is 2.20. The van der Waals surface area contributed by atoms with Crippen molar-refractivity contribution in [3.8, 4) is 0 Å². The maximum Gasteiger partial charge on any atom is 0.308 e. The van der Waals surface area contributed by atoms with Gasteiger partial charge in [0.25, 0.3) is 0 Å². The van der Waals surface area contributed by atoms with E-state index in [9.17, 15) is 9.90 Å². The fourth-order valence-corrected chi connectivity index (χ4v) is 1.85. The number of ether oxygens (including phenoxy) is 1. The zero-order valence-electron chi connectivity index (χ0n) is 9.77. The van der Waals surface area contributed by atoms with Crippen LogP contribution in [-0.2, 0) is 9.53 Å². The van der Waals surface area contributed by atoms with E-state index in [2.05, 4.69) is 4.74 Å². The standard InChI is InChI=1S/C13H14O4/c1-8-9-5-3-4-6-11(9)17-13(8)10(14)7-12(15)16-2/h3-6,10,14H,7H2,1-2H3/t10-/m0/s1. The Bertz CT molecular complexity index is 541. The Hall–Kier alpha value is -1.81. The fourth-order valence-electron chi connectivity index (χ4n) is 1.85. The van der Waals surface area contributed by atoms with Crippen molar-refractivity contribution in [2.45, 2.75) is 19.4 Å². The van der Waals surface area contributed by atoms with Gasteiger partial charge in [0.2, 0.25) is 0 Å². The van der Waals surface area contributed by atoms with Crippen molar-refractivity contribution in [1.82, 2.24) is 0 Å². The normalized spacial score (nSPS) is 12.6. The molecule has 2 rings (SSSR count). The van der Waals surface area contributed by atoms with E-state index in [1.165, 1.54) is 7.11 Å². The largest absolute Gasteiger partial charge is 0.469 e. The lowest BCUT2D eigenvalue weighted by atomic mass is 10.1. The zero-order valence-corrected chi connectivity index (χ0v) is 9.77. The summed E-state index contributed by atoms with van der Waals surface area (Å²) in [6.45, 7) is 1.86. The molecule has 1 atom stereocenters. The van der Waals surface area contributed by atoms with Gasteiger partial charge in [0.1, 0.15) is 17.4 Å². The molecular formula is C13H14O4. The summed E-state index contributed by atoms with van der Waals surface area (Å²) in [4.78, 5) is 11.1. The first-order valence-electron chi connectivity index (χ1n) is 5.36. The molecule has 4 nitrogen and oxygen atoms in total. The molecule has 4 heteroatoms. The number of hydrogen-bond donors (Lipinski definition) is 1. The molecule has 0 saturated heterocycles. The summed E-state index contributed by atoms with van der Waals surface area (Å²) in [6, 6.07) is 7.52. The van der Waals surface area contributed by atoms with Crippen molar-refractivity contribution in [1.29, 1.82) is 0 Å². The van der Waals surface area contributed by atoms with Crippen LogP contribution in [0.4, 0.5) is 0 Å². The highest BCUT2D eigenvalue weighted by atomic mass is 16.5.